The molecule has 0 spiro atoms. The molecule has 0 radical (unpaired) electrons. The molecular formula is C17H25N3O5S. The van der Waals surface area contributed by atoms with Crippen molar-refractivity contribution < 1.29 is 22.7 Å². The Balaban J connectivity index is 1.54. The highest BCUT2D eigenvalue weighted by Crippen LogP contribution is 2.34. The topological polar surface area (TPSA) is 88.2 Å². The molecule has 1 atom stereocenters. The minimum Gasteiger partial charge on any atom is -0.476 e. The molecule has 0 saturated carbocycles. The number of nitrogens with one attached hydrogen (secondary N) is 1. The largest absolute Gasteiger partial charge is 0.476 e. The van der Waals surface area contributed by atoms with Crippen LogP contribution in [0.4, 0.5) is 5.69 Å². The van der Waals surface area contributed by atoms with Crippen molar-refractivity contribution in [2.75, 3.05) is 56.5 Å². The van der Waals surface area contributed by atoms with Crippen molar-refractivity contribution >= 4 is 21.6 Å². The molecule has 1 aromatic carbocycles. The van der Waals surface area contributed by atoms with E-state index in [4.69, 9.17) is 9.47 Å². The zero-order chi connectivity index (χ0) is 18.6. The van der Waals surface area contributed by atoms with E-state index in [1.807, 2.05) is 0 Å². The normalized spacial score (nSPS) is 21.0. The van der Waals surface area contributed by atoms with Gasteiger partial charge in [0.2, 0.25) is 10.0 Å². The van der Waals surface area contributed by atoms with Crippen LogP contribution in [-0.2, 0) is 19.6 Å². The number of nitrogens with zero attached hydrogens (tertiary/aromatic N) is 2. The molecule has 0 bridgehead atoms. The average Bonchev–Trinajstić information content (AvgIpc) is 2.64. The van der Waals surface area contributed by atoms with Crippen LogP contribution in [0.5, 0.6) is 5.75 Å². The molecule has 1 saturated heterocycles. The molecule has 1 aromatic rings. The van der Waals surface area contributed by atoms with E-state index in [1.54, 1.807) is 24.3 Å². The molecule has 0 unspecified atom stereocenters. The van der Waals surface area contributed by atoms with Gasteiger partial charge < -0.3 is 14.8 Å². The lowest BCUT2D eigenvalue weighted by Gasteiger charge is -2.33. The van der Waals surface area contributed by atoms with Crippen molar-refractivity contribution in [3.63, 3.8) is 0 Å². The zero-order valence-corrected chi connectivity index (χ0v) is 15.7. The average molecular weight is 383 g/mol. The number of morpholine rings is 1. The number of carbonyl (C=O) groups excluding carboxylic acids is 1. The Morgan fingerprint density at radius 3 is 2.73 bits per heavy atom. The predicted molar refractivity (Wildman–Crippen MR) is 97.9 cm³/mol. The number of benzene rings is 1. The van der Waals surface area contributed by atoms with Crippen LogP contribution >= 0.6 is 0 Å². The van der Waals surface area contributed by atoms with Crippen LogP contribution in [-0.4, -0.2) is 77.5 Å². The number of fused-ring (bicyclic) bond motifs is 1. The number of amides is 1. The van der Waals surface area contributed by atoms with Gasteiger partial charge in [-0.2, -0.15) is 0 Å². The third-order valence-corrected chi connectivity index (χ3v) is 5.63. The highest BCUT2D eigenvalue weighted by atomic mass is 32.2. The second-order valence-corrected chi connectivity index (χ2v) is 8.37. The van der Waals surface area contributed by atoms with Gasteiger partial charge in [-0.15, -0.1) is 0 Å². The van der Waals surface area contributed by atoms with Gasteiger partial charge in [-0.25, -0.2) is 8.42 Å². The van der Waals surface area contributed by atoms with Crippen LogP contribution in [0.1, 0.15) is 6.42 Å². The van der Waals surface area contributed by atoms with Crippen molar-refractivity contribution in [3.05, 3.63) is 24.3 Å². The summed E-state index contributed by atoms with van der Waals surface area (Å²) in [5.74, 6) is 0.104. The molecule has 2 heterocycles. The summed E-state index contributed by atoms with van der Waals surface area (Å²) in [5.41, 5.74) is 0.464. The summed E-state index contributed by atoms with van der Waals surface area (Å²) >= 11 is 0. The Morgan fingerprint density at radius 1 is 1.27 bits per heavy atom. The number of hydrogen-bond donors (Lipinski definition) is 1. The molecule has 9 heteroatoms. The van der Waals surface area contributed by atoms with Gasteiger partial charge in [-0.05, 0) is 25.1 Å². The van der Waals surface area contributed by atoms with E-state index in [2.05, 4.69) is 10.2 Å². The van der Waals surface area contributed by atoms with E-state index < -0.39 is 16.1 Å². The lowest BCUT2D eigenvalue weighted by atomic mass is 10.2. The SMILES string of the molecule is CS(=O)(=O)N1C[C@H](C(=O)NCCCN2CCOCC2)Oc2ccccc21. The monoisotopic (exact) mass is 383 g/mol. The fourth-order valence-corrected chi connectivity index (χ4v) is 4.02. The summed E-state index contributed by atoms with van der Waals surface area (Å²) in [4.78, 5) is 14.7. The number of hydrogen-bond acceptors (Lipinski definition) is 6. The zero-order valence-electron chi connectivity index (χ0n) is 14.9. The van der Waals surface area contributed by atoms with Gasteiger partial charge in [0.25, 0.3) is 5.91 Å². The molecule has 2 aliphatic heterocycles. The van der Waals surface area contributed by atoms with Gasteiger partial charge >= 0.3 is 0 Å². The molecule has 1 N–H and O–H groups in total. The first-order valence-electron chi connectivity index (χ1n) is 8.76. The van der Waals surface area contributed by atoms with E-state index in [9.17, 15) is 13.2 Å². The van der Waals surface area contributed by atoms with Crippen molar-refractivity contribution in [2.24, 2.45) is 0 Å². The first-order chi connectivity index (χ1) is 12.4. The third kappa shape index (κ3) is 4.66. The van der Waals surface area contributed by atoms with Crippen molar-refractivity contribution in [2.45, 2.75) is 12.5 Å². The Morgan fingerprint density at radius 2 is 2.00 bits per heavy atom. The molecule has 1 fully saturated rings. The van der Waals surface area contributed by atoms with Crippen molar-refractivity contribution in [1.82, 2.24) is 10.2 Å². The maximum absolute atomic E-state index is 12.4. The highest BCUT2D eigenvalue weighted by Gasteiger charge is 2.34. The van der Waals surface area contributed by atoms with E-state index >= 15 is 0 Å². The molecular weight excluding hydrogens is 358 g/mol. The quantitative estimate of drug-likeness (QED) is 0.699. The van der Waals surface area contributed by atoms with Gasteiger partial charge in [0.05, 0.1) is 31.7 Å². The second-order valence-electron chi connectivity index (χ2n) is 6.47. The predicted octanol–water partition coefficient (Wildman–Crippen LogP) is 0.0521. The third-order valence-electron chi connectivity index (χ3n) is 4.48. The molecule has 26 heavy (non-hydrogen) atoms. The summed E-state index contributed by atoms with van der Waals surface area (Å²) < 4.78 is 36.4. The van der Waals surface area contributed by atoms with Gasteiger partial charge in [0.15, 0.2) is 6.10 Å². The molecule has 3 rings (SSSR count). The minimum absolute atomic E-state index is 0.0227. The van der Waals surface area contributed by atoms with Crippen LogP contribution < -0.4 is 14.4 Å². The minimum atomic E-state index is -3.49. The summed E-state index contributed by atoms with van der Waals surface area (Å²) in [6.45, 7) is 4.74. The van der Waals surface area contributed by atoms with Gasteiger partial charge in [-0.1, -0.05) is 12.1 Å². The van der Waals surface area contributed by atoms with Crippen LogP contribution in [0.3, 0.4) is 0 Å². The number of para-hydroxylation sites is 2. The number of ether oxygens (including phenoxy) is 2. The number of carbonyl (C=O) groups is 1. The Kier molecular flexibility index (Phi) is 6.00. The van der Waals surface area contributed by atoms with Crippen LogP contribution in [0.25, 0.3) is 0 Å². The van der Waals surface area contributed by atoms with Crippen LogP contribution in [0.15, 0.2) is 24.3 Å². The van der Waals surface area contributed by atoms with Crippen molar-refractivity contribution in [1.29, 1.82) is 0 Å². The number of sulfonamides is 1. The van der Waals surface area contributed by atoms with E-state index in [0.717, 1.165) is 45.5 Å². The van der Waals surface area contributed by atoms with Crippen LogP contribution in [0.2, 0.25) is 0 Å². The van der Waals surface area contributed by atoms with E-state index in [1.165, 1.54) is 4.31 Å². The molecule has 8 nitrogen and oxygen atoms in total. The molecule has 2 aliphatic rings. The fourth-order valence-electron chi connectivity index (χ4n) is 3.11. The van der Waals surface area contributed by atoms with E-state index in [0.29, 0.717) is 18.0 Å². The van der Waals surface area contributed by atoms with Gasteiger partial charge in [0, 0.05) is 19.6 Å². The van der Waals surface area contributed by atoms with Crippen LogP contribution in [0, 0.1) is 0 Å². The first kappa shape index (κ1) is 18.9. The van der Waals surface area contributed by atoms with Gasteiger partial charge in [0.1, 0.15) is 5.75 Å². The van der Waals surface area contributed by atoms with Gasteiger partial charge in [-0.3, -0.25) is 14.0 Å². The lowest BCUT2D eigenvalue weighted by Crippen LogP contribution is -2.50. The maximum Gasteiger partial charge on any atom is 0.263 e. The maximum atomic E-state index is 12.4. The molecule has 0 aromatic heterocycles. The fraction of sp³-hybridized carbons (Fsp3) is 0.588. The summed E-state index contributed by atoms with van der Waals surface area (Å²) in [6, 6.07) is 6.84. The summed E-state index contributed by atoms with van der Waals surface area (Å²) in [7, 11) is -3.49. The van der Waals surface area contributed by atoms with E-state index in [-0.39, 0.29) is 12.5 Å². The van der Waals surface area contributed by atoms with Crippen molar-refractivity contribution in [3.8, 4) is 5.75 Å². The number of anilines is 1. The molecule has 1 amide bonds. The lowest BCUT2D eigenvalue weighted by molar-refractivity contribution is -0.127. The summed E-state index contributed by atoms with van der Waals surface area (Å²) in [6.07, 6.45) is 1.10. The Hall–Kier alpha value is -1.84. The Bertz CT molecular complexity index is 734. The molecule has 144 valence electrons. The summed E-state index contributed by atoms with van der Waals surface area (Å²) in [5, 5.41) is 2.85. The molecule has 0 aliphatic carbocycles. The highest BCUT2D eigenvalue weighted by molar-refractivity contribution is 7.92. The smallest absolute Gasteiger partial charge is 0.263 e. The number of rotatable bonds is 6. The standard InChI is InChI=1S/C17H25N3O5S/c1-26(22,23)20-13-16(25-15-6-3-2-5-14(15)20)17(21)18-7-4-8-19-9-11-24-12-10-19/h2-3,5-6,16H,4,7-13H2,1H3,(H,18,21)/t16-/m1/s1. The second kappa shape index (κ2) is 8.24. The first-order valence-corrected chi connectivity index (χ1v) is 10.6. The Labute approximate surface area is 154 Å².